The van der Waals surface area contributed by atoms with Crippen LogP contribution in [0.3, 0.4) is 0 Å². The van der Waals surface area contributed by atoms with Gasteiger partial charge in [0.1, 0.15) is 5.82 Å². The normalized spacial score (nSPS) is 12.0. The third-order valence-corrected chi connectivity index (χ3v) is 3.87. The van der Waals surface area contributed by atoms with Crippen LogP contribution in [0, 0.1) is 5.82 Å². The zero-order valence-electron chi connectivity index (χ0n) is 11.4. The highest BCUT2D eigenvalue weighted by Crippen LogP contribution is 2.25. The highest BCUT2D eigenvalue weighted by molar-refractivity contribution is 6.42. The summed E-state index contributed by atoms with van der Waals surface area (Å²) >= 11 is 11.8. The third-order valence-electron chi connectivity index (χ3n) is 3.13. The molecule has 21 heavy (non-hydrogen) atoms. The molecule has 1 N–H and O–H groups in total. The van der Waals surface area contributed by atoms with Crippen molar-refractivity contribution < 1.29 is 9.18 Å². The van der Waals surface area contributed by atoms with E-state index in [1.165, 1.54) is 6.07 Å². The molecule has 0 saturated heterocycles. The monoisotopic (exact) mass is 325 g/mol. The lowest BCUT2D eigenvalue weighted by Crippen LogP contribution is -2.28. The van der Waals surface area contributed by atoms with E-state index < -0.39 is 0 Å². The molecule has 0 fully saturated rings. The van der Waals surface area contributed by atoms with Gasteiger partial charge in [-0.15, -0.1) is 0 Å². The van der Waals surface area contributed by atoms with Gasteiger partial charge in [-0.05, 0) is 36.2 Å². The minimum absolute atomic E-state index is 0.00165. The summed E-state index contributed by atoms with van der Waals surface area (Å²) in [6, 6.07) is 11.2. The third kappa shape index (κ3) is 4.19. The summed E-state index contributed by atoms with van der Waals surface area (Å²) in [5.74, 6) is -0.631. The number of amides is 1. The van der Waals surface area contributed by atoms with Crippen molar-refractivity contribution in [1.82, 2.24) is 5.32 Å². The van der Waals surface area contributed by atoms with Crippen LogP contribution in [0.15, 0.2) is 42.5 Å². The van der Waals surface area contributed by atoms with Crippen molar-refractivity contribution in [1.29, 1.82) is 0 Å². The topological polar surface area (TPSA) is 29.1 Å². The van der Waals surface area contributed by atoms with Crippen LogP contribution in [-0.2, 0) is 11.2 Å². The van der Waals surface area contributed by atoms with E-state index in [9.17, 15) is 9.18 Å². The first-order valence-corrected chi connectivity index (χ1v) is 7.20. The van der Waals surface area contributed by atoms with Crippen molar-refractivity contribution in [2.24, 2.45) is 0 Å². The molecule has 0 spiro atoms. The molecule has 1 amide bonds. The molecule has 0 bridgehead atoms. The molecule has 1 atom stereocenters. The fraction of sp³-hybridized carbons (Fsp3) is 0.188. The maximum atomic E-state index is 13.5. The van der Waals surface area contributed by atoms with Gasteiger partial charge in [-0.1, -0.05) is 47.5 Å². The fourth-order valence-electron chi connectivity index (χ4n) is 1.97. The van der Waals surface area contributed by atoms with Crippen molar-refractivity contribution in [3.63, 3.8) is 0 Å². The first-order valence-electron chi connectivity index (χ1n) is 6.45. The maximum absolute atomic E-state index is 13.5. The van der Waals surface area contributed by atoms with Gasteiger partial charge < -0.3 is 5.32 Å². The zero-order chi connectivity index (χ0) is 15.4. The fourth-order valence-corrected chi connectivity index (χ4v) is 2.28. The Morgan fingerprint density at radius 3 is 2.57 bits per heavy atom. The standard InChI is InChI=1S/C16H14Cl2FNO/c1-10(11-6-7-13(17)14(18)8-11)20-16(21)9-12-4-2-3-5-15(12)19/h2-8,10H,9H2,1H3,(H,20,21). The molecule has 0 aliphatic carbocycles. The summed E-state index contributed by atoms with van der Waals surface area (Å²) in [6.07, 6.45) is -0.00165. The van der Waals surface area contributed by atoms with Crippen molar-refractivity contribution in [3.8, 4) is 0 Å². The second-order valence-electron chi connectivity index (χ2n) is 4.73. The van der Waals surface area contributed by atoms with E-state index in [4.69, 9.17) is 23.2 Å². The van der Waals surface area contributed by atoms with E-state index in [1.807, 2.05) is 6.92 Å². The highest BCUT2D eigenvalue weighted by atomic mass is 35.5. The first kappa shape index (κ1) is 15.8. The lowest BCUT2D eigenvalue weighted by Gasteiger charge is -2.15. The van der Waals surface area contributed by atoms with E-state index in [0.29, 0.717) is 15.6 Å². The summed E-state index contributed by atoms with van der Waals surface area (Å²) in [5, 5.41) is 3.71. The van der Waals surface area contributed by atoms with Crippen LogP contribution in [0.2, 0.25) is 10.0 Å². The van der Waals surface area contributed by atoms with Gasteiger partial charge in [0.15, 0.2) is 0 Å². The number of halogens is 3. The van der Waals surface area contributed by atoms with Gasteiger partial charge in [-0.2, -0.15) is 0 Å². The Bertz CT molecular complexity index is 660. The molecule has 0 radical (unpaired) electrons. The van der Waals surface area contributed by atoms with Gasteiger partial charge in [0, 0.05) is 0 Å². The largest absolute Gasteiger partial charge is 0.349 e. The Balaban J connectivity index is 2.02. The molecular weight excluding hydrogens is 312 g/mol. The summed E-state index contributed by atoms with van der Waals surface area (Å²) in [6.45, 7) is 1.83. The van der Waals surface area contributed by atoms with E-state index in [-0.39, 0.29) is 24.2 Å². The van der Waals surface area contributed by atoms with Crippen molar-refractivity contribution in [3.05, 3.63) is 69.5 Å². The number of benzene rings is 2. The SMILES string of the molecule is CC(NC(=O)Cc1ccccc1F)c1ccc(Cl)c(Cl)c1. The minimum Gasteiger partial charge on any atom is -0.349 e. The van der Waals surface area contributed by atoms with Crippen molar-refractivity contribution >= 4 is 29.1 Å². The van der Waals surface area contributed by atoms with Gasteiger partial charge in [-0.3, -0.25) is 4.79 Å². The molecule has 110 valence electrons. The van der Waals surface area contributed by atoms with E-state index in [0.717, 1.165) is 5.56 Å². The van der Waals surface area contributed by atoms with Crippen LogP contribution in [0.1, 0.15) is 24.1 Å². The van der Waals surface area contributed by atoms with Gasteiger partial charge in [0.05, 0.1) is 22.5 Å². The second-order valence-corrected chi connectivity index (χ2v) is 5.55. The molecule has 0 aliphatic rings. The molecule has 0 saturated carbocycles. The number of carbonyl (C=O) groups is 1. The molecule has 5 heteroatoms. The predicted octanol–water partition coefficient (Wildman–Crippen LogP) is 4.55. The van der Waals surface area contributed by atoms with Gasteiger partial charge >= 0.3 is 0 Å². The Morgan fingerprint density at radius 2 is 1.90 bits per heavy atom. The molecule has 2 aromatic rings. The molecule has 0 heterocycles. The molecule has 1 unspecified atom stereocenters. The van der Waals surface area contributed by atoms with E-state index in [1.54, 1.807) is 36.4 Å². The minimum atomic E-state index is -0.380. The molecule has 2 nitrogen and oxygen atoms in total. The number of hydrogen-bond acceptors (Lipinski definition) is 1. The molecule has 2 rings (SSSR count). The number of carbonyl (C=O) groups excluding carboxylic acids is 1. The van der Waals surface area contributed by atoms with Gasteiger partial charge in [-0.25, -0.2) is 4.39 Å². The van der Waals surface area contributed by atoms with Crippen LogP contribution in [0.5, 0.6) is 0 Å². The van der Waals surface area contributed by atoms with Crippen molar-refractivity contribution in [2.75, 3.05) is 0 Å². The quantitative estimate of drug-likeness (QED) is 0.877. The van der Waals surface area contributed by atoms with E-state index >= 15 is 0 Å². The molecule has 0 aliphatic heterocycles. The average molecular weight is 326 g/mol. The summed E-state index contributed by atoms with van der Waals surface area (Å²) in [4.78, 5) is 12.0. The van der Waals surface area contributed by atoms with Crippen LogP contribution in [0.25, 0.3) is 0 Å². The second kappa shape index (κ2) is 6.92. The van der Waals surface area contributed by atoms with Gasteiger partial charge in [0.2, 0.25) is 5.91 Å². The Labute approximate surface area is 132 Å². The van der Waals surface area contributed by atoms with Crippen LogP contribution >= 0.6 is 23.2 Å². The number of nitrogens with one attached hydrogen (secondary N) is 1. The summed E-state index contributed by atoms with van der Waals surface area (Å²) in [7, 11) is 0. The summed E-state index contributed by atoms with van der Waals surface area (Å²) in [5.41, 5.74) is 1.21. The zero-order valence-corrected chi connectivity index (χ0v) is 12.9. The molecule has 0 aromatic heterocycles. The Morgan fingerprint density at radius 1 is 1.19 bits per heavy atom. The van der Waals surface area contributed by atoms with Crippen LogP contribution in [-0.4, -0.2) is 5.91 Å². The summed E-state index contributed by atoms with van der Waals surface area (Å²) < 4.78 is 13.5. The lowest BCUT2D eigenvalue weighted by atomic mass is 10.1. The molecule has 2 aromatic carbocycles. The predicted molar refractivity (Wildman–Crippen MR) is 83.1 cm³/mol. The maximum Gasteiger partial charge on any atom is 0.225 e. The smallest absolute Gasteiger partial charge is 0.225 e. The van der Waals surface area contributed by atoms with Crippen LogP contribution in [0.4, 0.5) is 4.39 Å². The average Bonchev–Trinajstić information content (AvgIpc) is 2.44. The highest BCUT2D eigenvalue weighted by Gasteiger charge is 2.13. The number of rotatable bonds is 4. The Hall–Kier alpha value is -1.58. The van der Waals surface area contributed by atoms with Gasteiger partial charge in [0.25, 0.3) is 0 Å². The Kier molecular flexibility index (Phi) is 5.21. The van der Waals surface area contributed by atoms with Crippen molar-refractivity contribution in [2.45, 2.75) is 19.4 Å². The number of hydrogen-bond donors (Lipinski definition) is 1. The lowest BCUT2D eigenvalue weighted by molar-refractivity contribution is -0.121. The van der Waals surface area contributed by atoms with E-state index in [2.05, 4.69) is 5.32 Å². The molecular formula is C16H14Cl2FNO. The van der Waals surface area contributed by atoms with Crippen LogP contribution < -0.4 is 5.32 Å². The first-order chi connectivity index (χ1) is 9.97.